The van der Waals surface area contributed by atoms with E-state index in [0.29, 0.717) is 29.3 Å². The standard InChI is InChI=1S/C30H30ClN3O2/c1-21(2)36-28-16-15-25(19-27(28)31)30(35)34-29(33-20-26-10-6-7-17-32-26)18-22-11-13-24(14-12-22)23-8-4-3-5-9-23/h3-17,19,21,29,33H,18,20H2,1-2H3,(H,34,35). The number of aromatic nitrogens is 1. The first-order valence-corrected chi connectivity index (χ1v) is 12.4. The maximum absolute atomic E-state index is 13.1. The summed E-state index contributed by atoms with van der Waals surface area (Å²) in [6, 6.07) is 29.5. The van der Waals surface area contributed by atoms with Crippen LogP contribution in [0.1, 0.15) is 35.5 Å². The van der Waals surface area contributed by atoms with Crippen LogP contribution in [0.25, 0.3) is 11.1 Å². The van der Waals surface area contributed by atoms with Gasteiger partial charge in [0.2, 0.25) is 0 Å². The summed E-state index contributed by atoms with van der Waals surface area (Å²) < 4.78 is 5.69. The molecule has 2 N–H and O–H groups in total. The summed E-state index contributed by atoms with van der Waals surface area (Å²) >= 11 is 6.36. The van der Waals surface area contributed by atoms with E-state index in [-0.39, 0.29) is 18.2 Å². The summed E-state index contributed by atoms with van der Waals surface area (Å²) in [4.78, 5) is 17.5. The van der Waals surface area contributed by atoms with Crippen molar-refractivity contribution in [1.82, 2.24) is 15.6 Å². The fourth-order valence-corrected chi connectivity index (χ4v) is 4.06. The Kier molecular flexibility index (Phi) is 8.71. The van der Waals surface area contributed by atoms with E-state index in [0.717, 1.165) is 16.8 Å². The second-order valence-electron chi connectivity index (χ2n) is 8.81. The number of halogens is 1. The Labute approximate surface area is 217 Å². The number of nitrogens with zero attached hydrogens (tertiary/aromatic N) is 1. The quantitative estimate of drug-likeness (QED) is 0.252. The number of nitrogens with one attached hydrogen (secondary N) is 2. The first kappa shape index (κ1) is 25.4. The van der Waals surface area contributed by atoms with Gasteiger partial charge in [0, 0.05) is 24.7 Å². The predicted octanol–water partition coefficient (Wildman–Crippen LogP) is 6.28. The highest BCUT2D eigenvalue weighted by molar-refractivity contribution is 6.32. The highest BCUT2D eigenvalue weighted by Crippen LogP contribution is 2.26. The molecule has 1 aromatic heterocycles. The summed E-state index contributed by atoms with van der Waals surface area (Å²) in [7, 11) is 0. The number of pyridine rings is 1. The van der Waals surface area contributed by atoms with Gasteiger partial charge < -0.3 is 10.1 Å². The molecule has 184 valence electrons. The van der Waals surface area contributed by atoms with Crippen LogP contribution in [0.15, 0.2) is 97.2 Å². The van der Waals surface area contributed by atoms with Gasteiger partial charge in [0.25, 0.3) is 5.91 Å². The van der Waals surface area contributed by atoms with Gasteiger partial charge in [-0.2, -0.15) is 0 Å². The Bertz CT molecular complexity index is 1260. The molecule has 1 amide bonds. The van der Waals surface area contributed by atoms with Gasteiger partial charge >= 0.3 is 0 Å². The molecule has 0 spiro atoms. The van der Waals surface area contributed by atoms with E-state index < -0.39 is 0 Å². The van der Waals surface area contributed by atoms with Gasteiger partial charge in [-0.3, -0.25) is 15.1 Å². The average Bonchev–Trinajstić information content (AvgIpc) is 2.89. The van der Waals surface area contributed by atoms with Crippen molar-refractivity contribution in [2.75, 3.05) is 0 Å². The minimum atomic E-state index is -0.313. The lowest BCUT2D eigenvalue weighted by atomic mass is 10.0. The van der Waals surface area contributed by atoms with Crippen LogP contribution >= 0.6 is 11.6 Å². The molecule has 0 aliphatic heterocycles. The van der Waals surface area contributed by atoms with E-state index >= 15 is 0 Å². The molecule has 0 radical (unpaired) electrons. The molecule has 4 rings (SSSR count). The van der Waals surface area contributed by atoms with Crippen molar-refractivity contribution in [3.63, 3.8) is 0 Å². The number of rotatable bonds is 10. The summed E-state index contributed by atoms with van der Waals surface area (Å²) in [5.74, 6) is 0.346. The van der Waals surface area contributed by atoms with Crippen molar-refractivity contribution < 1.29 is 9.53 Å². The SMILES string of the molecule is CC(C)Oc1ccc(C(=O)NC(Cc2ccc(-c3ccccc3)cc2)NCc2ccccn2)cc1Cl. The highest BCUT2D eigenvalue weighted by atomic mass is 35.5. The predicted molar refractivity (Wildman–Crippen MR) is 145 cm³/mol. The lowest BCUT2D eigenvalue weighted by molar-refractivity contribution is 0.0928. The van der Waals surface area contributed by atoms with E-state index in [1.807, 2.05) is 50.2 Å². The zero-order chi connectivity index (χ0) is 25.3. The average molecular weight is 500 g/mol. The molecule has 5 nitrogen and oxygen atoms in total. The molecule has 0 saturated carbocycles. The van der Waals surface area contributed by atoms with Gasteiger partial charge in [0.15, 0.2) is 0 Å². The lowest BCUT2D eigenvalue weighted by Crippen LogP contribution is -2.46. The molecule has 0 bridgehead atoms. The van der Waals surface area contributed by atoms with Crippen molar-refractivity contribution in [3.05, 3.63) is 119 Å². The van der Waals surface area contributed by atoms with E-state index in [1.54, 1.807) is 24.4 Å². The van der Waals surface area contributed by atoms with Crippen LogP contribution < -0.4 is 15.4 Å². The van der Waals surface area contributed by atoms with Crippen molar-refractivity contribution in [3.8, 4) is 16.9 Å². The smallest absolute Gasteiger partial charge is 0.252 e. The van der Waals surface area contributed by atoms with Crippen LogP contribution in [0.4, 0.5) is 0 Å². The number of carbonyl (C=O) groups is 1. The van der Waals surface area contributed by atoms with E-state index in [1.165, 1.54) is 5.56 Å². The van der Waals surface area contributed by atoms with E-state index in [4.69, 9.17) is 16.3 Å². The zero-order valence-corrected chi connectivity index (χ0v) is 21.2. The molecule has 6 heteroatoms. The molecular formula is C30H30ClN3O2. The molecule has 0 aliphatic rings. The van der Waals surface area contributed by atoms with Gasteiger partial charge in [-0.15, -0.1) is 0 Å². The molecular weight excluding hydrogens is 470 g/mol. The van der Waals surface area contributed by atoms with Crippen molar-refractivity contribution in [2.45, 2.75) is 39.1 Å². The minimum absolute atomic E-state index is 0.00404. The molecule has 36 heavy (non-hydrogen) atoms. The molecule has 1 unspecified atom stereocenters. The summed E-state index contributed by atoms with van der Waals surface area (Å²) in [5, 5.41) is 6.95. The van der Waals surface area contributed by atoms with Crippen LogP contribution in [0, 0.1) is 0 Å². The summed E-state index contributed by atoms with van der Waals surface area (Å²) in [5.41, 5.74) is 4.80. The topological polar surface area (TPSA) is 63.2 Å². The number of carbonyl (C=O) groups excluding carboxylic acids is 1. The van der Waals surface area contributed by atoms with Crippen LogP contribution in [0.3, 0.4) is 0 Å². The number of amides is 1. The van der Waals surface area contributed by atoms with Gasteiger partial charge in [-0.25, -0.2) is 0 Å². The Morgan fingerprint density at radius 2 is 1.64 bits per heavy atom. The molecule has 0 fully saturated rings. The molecule has 0 saturated heterocycles. The Hall–Kier alpha value is -3.67. The van der Waals surface area contributed by atoms with Gasteiger partial charge in [-0.1, -0.05) is 72.3 Å². The maximum Gasteiger partial charge on any atom is 0.252 e. The first-order valence-electron chi connectivity index (χ1n) is 12.0. The van der Waals surface area contributed by atoms with Crippen molar-refractivity contribution in [1.29, 1.82) is 0 Å². The minimum Gasteiger partial charge on any atom is -0.489 e. The fraction of sp³-hybridized carbons (Fsp3) is 0.200. The molecule has 0 aliphatic carbocycles. The molecule has 1 atom stereocenters. The number of benzene rings is 3. The van der Waals surface area contributed by atoms with E-state index in [9.17, 15) is 4.79 Å². The fourth-order valence-electron chi connectivity index (χ4n) is 3.84. The van der Waals surface area contributed by atoms with Crippen LogP contribution in [-0.2, 0) is 13.0 Å². The number of ether oxygens (including phenoxy) is 1. The van der Waals surface area contributed by atoms with Gasteiger partial charge in [0.05, 0.1) is 23.0 Å². The van der Waals surface area contributed by atoms with Crippen molar-refractivity contribution in [2.24, 2.45) is 0 Å². The first-order chi connectivity index (χ1) is 17.5. The third-order valence-corrected chi connectivity index (χ3v) is 5.91. The van der Waals surface area contributed by atoms with Crippen LogP contribution in [-0.4, -0.2) is 23.2 Å². The molecule has 4 aromatic rings. The molecule has 3 aromatic carbocycles. The Morgan fingerprint density at radius 3 is 2.31 bits per heavy atom. The van der Waals surface area contributed by atoms with Crippen LogP contribution in [0.5, 0.6) is 5.75 Å². The van der Waals surface area contributed by atoms with E-state index in [2.05, 4.69) is 52.0 Å². The second-order valence-corrected chi connectivity index (χ2v) is 9.21. The summed E-state index contributed by atoms with van der Waals surface area (Å²) in [6.07, 6.45) is 2.05. The number of hydrogen-bond donors (Lipinski definition) is 2. The zero-order valence-electron chi connectivity index (χ0n) is 20.4. The van der Waals surface area contributed by atoms with Crippen LogP contribution in [0.2, 0.25) is 5.02 Å². The lowest BCUT2D eigenvalue weighted by Gasteiger charge is -2.21. The Morgan fingerprint density at radius 1 is 0.917 bits per heavy atom. The molecule has 1 heterocycles. The monoisotopic (exact) mass is 499 g/mol. The van der Waals surface area contributed by atoms with Gasteiger partial charge in [-0.05, 0) is 60.9 Å². The Balaban J connectivity index is 1.48. The summed E-state index contributed by atoms with van der Waals surface area (Å²) in [6.45, 7) is 4.39. The normalized spacial score (nSPS) is 11.8. The largest absolute Gasteiger partial charge is 0.489 e. The highest BCUT2D eigenvalue weighted by Gasteiger charge is 2.16. The van der Waals surface area contributed by atoms with Crippen molar-refractivity contribution >= 4 is 17.5 Å². The number of hydrogen-bond acceptors (Lipinski definition) is 4. The third-order valence-electron chi connectivity index (χ3n) is 5.62. The maximum atomic E-state index is 13.1. The van der Waals surface area contributed by atoms with Gasteiger partial charge in [0.1, 0.15) is 5.75 Å². The second kappa shape index (κ2) is 12.3. The third kappa shape index (κ3) is 7.17.